The van der Waals surface area contributed by atoms with Crippen LogP contribution >= 0.6 is 0 Å². The van der Waals surface area contributed by atoms with Crippen LogP contribution in [0.15, 0.2) is 0 Å². The van der Waals surface area contributed by atoms with E-state index in [2.05, 4.69) is 4.74 Å². The lowest BCUT2D eigenvalue weighted by molar-refractivity contribution is -0.141. The first-order chi connectivity index (χ1) is 6.56. The predicted molar refractivity (Wildman–Crippen MR) is 44.8 cm³/mol. The highest BCUT2D eigenvalue weighted by Crippen LogP contribution is 2.15. The van der Waals surface area contributed by atoms with E-state index < -0.39 is 18.1 Å². The summed E-state index contributed by atoms with van der Waals surface area (Å²) < 4.78 is 4.63. The van der Waals surface area contributed by atoms with Gasteiger partial charge in [-0.3, -0.25) is 9.69 Å². The first-order valence-electron chi connectivity index (χ1n) is 4.24. The van der Waals surface area contributed by atoms with Crippen molar-refractivity contribution in [3.05, 3.63) is 0 Å². The summed E-state index contributed by atoms with van der Waals surface area (Å²) >= 11 is 0. The zero-order valence-electron chi connectivity index (χ0n) is 7.73. The second-order valence-electron chi connectivity index (χ2n) is 2.92. The van der Waals surface area contributed by atoms with Gasteiger partial charge >= 0.3 is 12.1 Å². The molecule has 0 aliphatic carbocycles. The molecule has 14 heavy (non-hydrogen) atoms. The first kappa shape index (κ1) is 10.5. The quantitative estimate of drug-likeness (QED) is 0.672. The summed E-state index contributed by atoms with van der Waals surface area (Å²) in [6.45, 7) is 1.61. The van der Waals surface area contributed by atoms with Gasteiger partial charge in [0.05, 0.1) is 13.2 Å². The predicted octanol–water partition coefficient (Wildman–Crippen LogP) is -0.129. The highest BCUT2D eigenvalue weighted by Gasteiger charge is 2.39. The van der Waals surface area contributed by atoms with Gasteiger partial charge in [0.25, 0.3) is 0 Å². The minimum Gasteiger partial charge on any atom is -0.480 e. The lowest BCUT2D eigenvalue weighted by atomic mass is 10.2. The summed E-state index contributed by atoms with van der Waals surface area (Å²) in [5.41, 5.74) is 0. The van der Waals surface area contributed by atoms with Crippen LogP contribution in [0, 0.1) is 0 Å². The third-order valence-electron chi connectivity index (χ3n) is 1.93. The molecule has 0 aromatic carbocycles. The van der Waals surface area contributed by atoms with Gasteiger partial charge in [0.15, 0.2) is 5.78 Å². The number of ether oxygens (including phenoxy) is 1. The van der Waals surface area contributed by atoms with Gasteiger partial charge < -0.3 is 9.84 Å². The molecule has 1 heterocycles. The molecule has 6 nitrogen and oxygen atoms in total. The van der Waals surface area contributed by atoms with E-state index in [4.69, 9.17) is 5.11 Å². The maximum absolute atomic E-state index is 11.2. The number of carboxylic acid groups (broad SMARTS) is 1. The number of carbonyl (C=O) groups is 3. The molecule has 0 aromatic rings. The molecule has 1 fully saturated rings. The van der Waals surface area contributed by atoms with Crippen LogP contribution in [0.25, 0.3) is 0 Å². The minimum absolute atomic E-state index is 0.131. The summed E-state index contributed by atoms with van der Waals surface area (Å²) in [5.74, 6) is -1.44. The van der Waals surface area contributed by atoms with E-state index in [0.29, 0.717) is 0 Å². The van der Waals surface area contributed by atoms with Gasteiger partial charge in [0, 0.05) is 6.42 Å². The fourth-order valence-corrected chi connectivity index (χ4v) is 1.31. The van der Waals surface area contributed by atoms with Crippen molar-refractivity contribution in [2.45, 2.75) is 19.4 Å². The van der Waals surface area contributed by atoms with Crippen LogP contribution in [0.5, 0.6) is 0 Å². The summed E-state index contributed by atoms with van der Waals surface area (Å²) in [7, 11) is 0. The number of hydrogen-bond donors (Lipinski definition) is 1. The number of carbonyl (C=O) groups excluding carboxylic acids is 2. The number of nitrogens with zero attached hydrogens (tertiary/aromatic N) is 1. The van der Waals surface area contributed by atoms with Crippen LogP contribution in [-0.2, 0) is 14.3 Å². The largest absolute Gasteiger partial charge is 0.480 e. The van der Waals surface area contributed by atoms with E-state index in [9.17, 15) is 14.4 Å². The molecule has 0 unspecified atom stereocenters. The number of carboxylic acids is 1. The standard InChI is InChI=1S/C8H11NO5/c1-2-14-8(13)9-4-5(10)3-6(9)7(11)12/h6H,2-4H2,1H3,(H,11,12)/t6-/m0/s1. The summed E-state index contributed by atoms with van der Waals surface area (Å²) in [6.07, 6.45) is -0.875. The highest BCUT2D eigenvalue weighted by atomic mass is 16.6. The number of likely N-dealkylation sites (tertiary alicyclic amines) is 1. The monoisotopic (exact) mass is 201 g/mol. The van der Waals surface area contributed by atoms with Crippen LogP contribution in [0.2, 0.25) is 0 Å². The Morgan fingerprint density at radius 1 is 1.64 bits per heavy atom. The van der Waals surface area contributed by atoms with Gasteiger partial charge in [-0.2, -0.15) is 0 Å². The number of rotatable bonds is 2. The number of ketones is 1. The first-order valence-corrected chi connectivity index (χ1v) is 4.24. The van der Waals surface area contributed by atoms with Crippen molar-refractivity contribution < 1.29 is 24.2 Å². The third kappa shape index (κ3) is 2.01. The summed E-state index contributed by atoms with van der Waals surface area (Å²) in [6, 6.07) is -1.07. The molecular weight excluding hydrogens is 190 g/mol. The molecule has 0 spiro atoms. The van der Waals surface area contributed by atoms with E-state index in [1.807, 2.05) is 0 Å². The van der Waals surface area contributed by atoms with Gasteiger partial charge in [-0.15, -0.1) is 0 Å². The van der Waals surface area contributed by atoms with Crippen LogP contribution in [0.1, 0.15) is 13.3 Å². The van der Waals surface area contributed by atoms with Crippen molar-refractivity contribution in [3.8, 4) is 0 Å². The Bertz CT molecular complexity index is 275. The number of hydrogen-bond acceptors (Lipinski definition) is 4. The molecular formula is C8H11NO5. The smallest absolute Gasteiger partial charge is 0.410 e. The van der Waals surface area contributed by atoms with Gasteiger partial charge in [-0.05, 0) is 6.92 Å². The maximum atomic E-state index is 11.2. The van der Waals surface area contributed by atoms with Crippen LogP contribution < -0.4 is 0 Å². The van der Waals surface area contributed by atoms with Crippen molar-refractivity contribution in [3.63, 3.8) is 0 Å². The van der Waals surface area contributed by atoms with Crippen molar-refractivity contribution in [2.75, 3.05) is 13.2 Å². The Hall–Kier alpha value is -1.59. The molecule has 1 saturated heterocycles. The average molecular weight is 201 g/mol. The van der Waals surface area contributed by atoms with Gasteiger partial charge in [0.1, 0.15) is 6.04 Å². The molecule has 0 saturated carbocycles. The average Bonchev–Trinajstić information content (AvgIpc) is 2.48. The van der Waals surface area contributed by atoms with Crippen molar-refractivity contribution >= 4 is 17.8 Å². The second-order valence-corrected chi connectivity index (χ2v) is 2.92. The Morgan fingerprint density at radius 3 is 2.79 bits per heavy atom. The molecule has 1 aliphatic heterocycles. The van der Waals surface area contributed by atoms with Crippen LogP contribution in [0.4, 0.5) is 4.79 Å². The second kappa shape index (κ2) is 4.08. The molecule has 0 bridgehead atoms. The topological polar surface area (TPSA) is 83.9 Å². The van der Waals surface area contributed by atoms with E-state index >= 15 is 0 Å². The fraction of sp³-hybridized carbons (Fsp3) is 0.625. The molecule has 1 amide bonds. The number of aliphatic carboxylic acids is 1. The molecule has 1 atom stereocenters. The van der Waals surface area contributed by atoms with E-state index in [1.165, 1.54) is 0 Å². The normalized spacial score (nSPS) is 21.1. The zero-order valence-corrected chi connectivity index (χ0v) is 7.73. The number of Topliss-reactive ketones (excluding diaryl/α,β-unsaturated/α-hetero) is 1. The summed E-state index contributed by atoms with van der Waals surface area (Å²) in [5, 5.41) is 8.72. The van der Waals surface area contributed by atoms with Crippen LogP contribution in [0.3, 0.4) is 0 Å². The van der Waals surface area contributed by atoms with Crippen molar-refractivity contribution in [2.24, 2.45) is 0 Å². The zero-order chi connectivity index (χ0) is 10.7. The molecule has 78 valence electrons. The Labute approximate surface area is 80.4 Å². The molecule has 1 aliphatic rings. The lowest BCUT2D eigenvalue weighted by Crippen LogP contribution is -2.40. The molecule has 0 aromatic heterocycles. The van der Waals surface area contributed by atoms with E-state index in [-0.39, 0.29) is 25.4 Å². The Kier molecular flexibility index (Phi) is 3.06. The van der Waals surface area contributed by atoms with Gasteiger partial charge in [-0.25, -0.2) is 9.59 Å². The summed E-state index contributed by atoms with van der Waals surface area (Å²) in [4.78, 5) is 33.8. The molecule has 0 radical (unpaired) electrons. The number of amides is 1. The van der Waals surface area contributed by atoms with E-state index in [0.717, 1.165) is 4.90 Å². The Balaban J connectivity index is 2.71. The fourth-order valence-electron chi connectivity index (χ4n) is 1.31. The van der Waals surface area contributed by atoms with Crippen molar-refractivity contribution in [1.82, 2.24) is 4.90 Å². The molecule has 1 N–H and O–H groups in total. The minimum atomic E-state index is -1.18. The highest BCUT2D eigenvalue weighted by molar-refractivity contribution is 5.95. The van der Waals surface area contributed by atoms with Gasteiger partial charge in [-0.1, -0.05) is 0 Å². The maximum Gasteiger partial charge on any atom is 0.410 e. The Morgan fingerprint density at radius 2 is 2.29 bits per heavy atom. The van der Waals surface area contributed by atoms with Crippen LogP contribution in [-0.4, -0.2) is 47.0 Å². The van der Waals surface area contributed by atoms with Crippen molar-refractivity contribution in [1.29, 1.82) is 0 Å². The van der Waals surface area contributed by atoms with Gasteiger partial charge in [0.2, 0.25) is 0 Å². The molecule has 1 rings (SSSR count). The third-order valence-corrected chi connectivity index (χ3v) is 1.93. The van der Waals surface area contributed by atoms with E-state index in [1.54, 1.807) is 6.92 Å². The SMILES string of the molecule is CCOC(=O)N1CC(=O)C[C@H]1C(=O)O. The lowest BCUT2D eigenvalue weighted by Gasteiger charge is -2.18. The molecule has 6 heteroatoms.